The molecule has 4 aromatic carbocycles. The van der Waals surface area contributed by atoms with Gasteiger partial charge in [-0.25, -0.2) is 20.8 Å². The first-order valence-corrected chi connectivity index (χ1v) is 14.2. The molecule has 4 heterocycles. The molecule has 7 nitrogen and oxygen atoms in total. The fourth-order valence-corrected chi connectivity index (χ4v) is 6.01. The number of hydrazine groups is 1. The summed E-state index contributed by atoms with van der Waals surface area (Å²) >= 11 is 0. The second kappa shape index (κ2) is 10.2. The van der Waals surface area contributed by atoms with Crippen LogP contribution in [0.5, 0.6) is 0 Å². The number of para-hydroxylation sites is 2. The minimum Gasteiger partial charge on any atom is -0.316 e. The van der Waals surface area contributed by atoms with E-state index in [1.165, 1.54) is 10.8 Å². The Morgan fingerprint density at radius 1 is 0.698 bits per heavy atom. The standard InChI is InChI=1S/C36H27N7/c37-43-22-6-11-28(25-13-15-26(16-14-25)35-38-20-7-21-39-35)36(43)40-24-42-32-12-5-4-10-29(32)30-17-18-33-31(34(30)42)19-23-41(33)27-8-2-1-3-9-27/h1-24,36H,37H2. The minimum absolute atomic E-state index is 0.409. The third-order valence-electron chi connectivity index (χ3n) is 8.03. The van der Waals surface area contributed by atoms with Crippen molar-refractivity contribution >= 4 is 44.6 Å². The van der Waals surface area contributed by atoms with Gasteiger partial charge >= 0.3 is 0 Å². The van der Waals surface area contributed by atoms with Crippen molar-refractivity contribution < 1.29 is 0 Å². The van der Waals surface area contributed by atoms with Gasteiger partial charge in [-0.2, -0.15) is 0 Å². The van der Waals surface area contributed by atoms with Crippen molar-refractivity contribution in [1.29, 1.82) is 0 Å². The van der Waals surface area contributed by atoms with Crippen LogP contribution < -0.4 is 5.84 Å². The number of benzene rings is 4. The maximum absolute atomic E-state index is 6.51. The van der Waals surface area contributed by atoms with E-state index >= 15 is 0 Å². The molecular weight excluding hydrogens is 530 g/mol. The van der Waals surface area contributed by atoms with Gasteiger partial charge in [-0.3, -0.25) is 9.58 Å². The number of rotatable bonds is 5. The zero-order valence-electron chi connectivity index (χ0n) is 23.2. The van der Waals surface area contributed by atoms with Crippen LogP contribution >= 0.6 is 0 Å². The minimum atomic E-state index is -0.409. The predicted octanol–water partition coefficient (Wildman–Crippen LogP) is 7.18. The van der Waals surface area contributed by atoms with Crippen LogP contribution in [0.1, 0.15) is 5.56 Å². The molecule has 0 radical (unpaired) electrons. The molecule has 1 atom stereocenters. The SMILES string of the molecule is NN1C=CC=C(c2ccc(-c3ncccn3)cc2)C1N=Cn1c2ccccc2c2ccc3c(ccn3-c3ccccc3)c21. The number of aliphatic imine (C=N–C) groups is 1. The van der Waals surface area contributed by atoms with Gasteiger partial charge in [0.15, 0.2) is 12.0 Å². The van der Waals surface area contributed by atoms with Crippen LogP contribution in [-0.2, 0) is 0 Å². The van der Waals surface area contributed by atoms with Crippen molar-refractivity contribution in [2.45, 2.75) is 6.17 Å². The van der Waals surface area contributed by atoms with Gasteiger partial charge in [-0.05, 0) is 48.0 Å². The highest BCUT2D eigenvalue weighted by molar-refractivity contribution is 6.20. The first kappa shape index (κ1) is 25.0. The first-order chi connectivity index (χ1) is 21.3. The molecule has 3 aromatic heterocycles. The Bertz CT molecular complexity index is 2190. The van der Waals surface area contributed by atoms with E-state index in [0.717, 1.165) is 44.3 Å². The molecular formula is C36H27N7. The van der Waals surface area contributed by atoms with Gasteiger partial charge < -0.3 is 4.57 Å². The van der Waals surface area contributed by atoms with E-state index in [1.807, 2.05) is 42.9 Å². The Kier molecular flexibility index (Phi) is 5.94. The Balaban J connectivity index is 1.23. The van der Waals surface area contributed by atoms with Crippen molar-refractivity contribution in [1.82, 2.24) is 24.1 Å². The summed E-state index contributed by atoms with van der Waals surface area (Å²) in [6.07, 6.45) is 13.0. The zero-order chi connectivity index (χ0) is 28.8. The van der Waals surface area contributed by atoms with Crippen LogP contribution in [-0.4, -0.2) is 36.6 Å². The number of aromatic nitrogens is 4. The van der Waals surface area contributed by atoms with Crippen molar-refractivity contribution in [3.63, 3.8) is 0 Å². The lowest BCUT2D eigenvalue weighted by molar-refractivity contribution is 0.346. The molecule has 0 fully saturated rings. The molecule has 0 saturated carbocycles. The lowest BCUT2D eigenvalue weighted by Crippen LogP contribution is -2.37. The van der Waals surface area contributed by atoms with E-state index in [4.69, 9.17) is 10.8 Å². The smallest absolute Gasteiger partial charge is 0.162 e. The molecule has 0 aliphatic carbocycles. The van der Waals surface area contributed by atoms with Gasteiger partial charge in [0.05, 0.1) is 22.9 Å². The maximum atomic E-state index is 6.51. The van der Waals surface area contributed by atoms with Gasteiger partial charge in [0.25, 0.3) is 0 Å². The Morgan fingerprint density at radius 2 is 1.47 bits per heavy atom. The summed E-state index contributed by atoms with van der Waals surface area (Å²) in [7, 11) is 0. The lowest BCUT2D eigenvalue weighted by Gasteiger charge is -2.28. The van der Waals surface area contributed by atoms with E-state index < -0.39 is 6.17 Å². The van der Waals surface area contributed by atoms with Crippen LogP contribution in [0, 0.1) is 0 Å². The molecule has 8 rings (SSSR count). The molecule has 2 N–H and O–H groups in total. The van der Waals surface area contributed by atoms with E-state index in [2.05, 4.69) is 110 Å². The number of hydrogen-bond acceptors (Lipinski definition) is 5. The second-order valence-corrected chi connectivity index (χ2v) is 10.5. The summed E-state index contributed by atoms with van der Waals surface area (Å²) in [5, 5.41) is 5.17. The summed E-state index contributed by atoms with van der Waals surface area (Å²) < 4.78 is 4.43. The number of fused-ring (bicyclic) bond motifs is 5. The summed E-state index contributed by atoms with van der Waals surface area (Å²) in [4.78, 5) is 13.9. The highest BCUT2D eigenvalue weighted by atomic mass is 15.5. The zero-order valence-corrected chi connectivity index (χ0v) is 23.2. The van der Waals surface area contributed by atoms with Crippen molar-refractivity contribution in [2.24, 2.45) is 10.8 Å². The molecule has 43 heavy (non-hydrogen) atoms. The summed E-state index contributed by atoms with van der Waals surface area (Å²) in [5.41, 5.74) is 7.46. The Morgan fingerprint density at radius 3 is 2.30 bits per heavy atom. The van der Waals surface area contributed by atoms with Crippen LogP contribution in [0.4, 0.5) is 0 Å². The van der Waals surface area contributed by atoms with Crippen LogP contribution in [0.25, 0.3) is 55.4 Å². The molecule has 7 heteroatoms. The third-order valence-corrected chi connectivity index (χ3v) is 8.03. The fraction of sp³-hybridized carbons (Fsp3) is 0.0278. The number of nitrogens with zero attached hydrogens (tertiary/aromatic N) is 6. The number of allylic oxidation sites excluding steroid dienone is 2. The topological polar surface area (TPSA) is 77.3 Å². The first-order valence-electron chi connectivity index (χ1n) is 14.2. The van der Waals surface area contributed by atoms with Crippen molar-refractivity contribution in [3.05, 3.63) is 146 Å². The molecule has 1 aliphatic rings. The third kappa shape index (κ3) is 4.22. The van der Waals surface area contributed by atoms with Crippen LogP contribution in [0.3, 0.4) is 0 Å². The summed E-state index contributed by atoms with van der Waals surface area (Å²) in [5.74, 6) is 7.20. The molecule has 1 unspecified atom stereocenters. The quantitative estimate of drug-likeness (QED) is 0.138. The fourth-order valence-electron chi connectivity index (χ4n) is 6.01. The van der Waals surface area contributed by atoms with Crippen molar-refractivity contribution in [3.8, 4) is 17.1 Å². The summed E-state index contributed by atoms with van der Waals surface area (Å²) in [6.45, 7) is 0. The highest BCUT2D eigenvalue weighted by Gasteiger charge is 2.22. The molecule has 206 valence electrons. The second-order valence-electron chi connectivity index (χ2n) is 10.5. The average Bonchev–Trinajstić information content (AvgIpc) is 3.64. The number of nitrogens with two attached hydrogens (primary N) is 1. The van der Waals surface area contributed by atoms with E-state index in [9.17, 15) is 0 Å². The maximum Gasteiger partial charge on any atom is 0.162 e. The van der Waals surface area contributed by atoms with Crippen LogP contribution in [0.2, 0.25) is 0 Å². The molecule has 0 bridgehead atoms. The predicted molar refractivity (Wildman–Crippen MR) is 175 cm³/mol. The molecule has 0 spiro atoms. The van der Waals surface area contributed by atoms with E-state index in [1.54, 1.807) is 17.4 Å². The van der Waals surface area contributed by atoms with Gasteiger partial charge in [0.1, 0.15) is 0 Å². The summed E-state index contributed by atoms with van der Waals surface area (Å²) in [6, 6.07) is 35.5. The van der Waals surface area contributed by atoms with Gasteiger partial charge in [-0.15, -0.1) is 0 Å². The Labute approximate surface area is 248 Å². The molecule has 0 saturated heterocycles. The van der Waals surface area contributed by atoms with E-state index in [-0.39, 0.29) is 0 Å². The normalized spacial score (nSPS) is 15.2. The lowest BCUT2D eigenvalue weighted by atomic mass is 9.99. The van der Waals surface area contributed by atoms with Gasteiger partial charge in [0, 0.05) is 57.8 Å². The van der Waals surface area contributed by atoms with Gasteiger partial charge in [-0.1, -0.05) is 72.8 Å². The molecule has 1 aliphatic heterocycles. The highest BCUT2D eigenvalue weighted by Crippen LogP contribution is 2.35. The van der Waals surface area contributed by atoms with Crippen LogP contribution in [0.15, 0.2) is 145 Å². The Hall–Kier alpha value is -5.79. The average molecular weight is 558 g/mol. The van der Waals surface area contributed by atoms with Gasteiger partial charge in [0.2, 0.25) is 0 Å². The van der Waals surface area contributed by atoms with Crippen molar-refractivity contribution in [2.75, 3.05) is 0 Å². The molecule has 0 amide bonds. The molecule has 7 aromatic rings. The monoisotopic (exact) mass is 557 g/mol. The largest absolute Gasteiger partial charge is 0.316 e. The number of hydrogen-bond donors (Lipinski definition) is 1. The van der Waals surface area contributed by atoms with E-state index in [0.29, 0.717) is 5.82 Å².